The number of benzene rings is 1. The average Bonchev–Trinajstić information content (AvgIpc) is 2.75. The van der Waals surface area contributed by atoms with E-state index in [1.54, 1.807) is 7.11 Å². The number of hydrogen-bond acceptors (Lipinski definition) is 3. The van der Waals surface area contributed by atoms with Crippen LogP contribution in [0.2, 0.25) is 0 Å². The Morgan fingerprint density at radius 2 is 2.00 bits per heavy atom. The van der Waals surface area contributed by atoms with Crippen molar-refractivity contribution in [3.63, 3.8) is 0 Å². The summed E-state index contributed by atoms with van der Waals surface area (Å²) in [6, 6.07) is 7.02. The molecule has 110 valence electrons. The van der Waals surface area contributed by atoms with E-state index in [9.17, 15) is 0 Å². The largest absolute Gasteiger partial charge is 0.497 e. The molecular weight excluding hydrogens is 250 g/mol. The third kappa shape index (κ3) is 3.12. The SMILES string of the molecule is COc1ccc2c(c1)nc(CCNC(C)C)n2C(C)C. The zero-order valence-electron chi connectivity index (χ0n) is 13.1. The summed E-state index contributed by atoms with van der Waals surface area (Å²) in [6.45, 7) is 9.67. The molecule has 0 unspecified atom stereocenters. The van der Waals surface area contributed by atoms with Gasteiger partial charge in [0, 0.05) is 31.1 Å². The van der Waals surface area contributed by atoms with E-state index in [1.165, 1.54) is 5.52 Å². The van der Waals surface area contributed by atoms with Crippen molar-refractivity contribution >= 4 is 11.0 Å². The van der Waals surface area contributed by atoms with Gasteiger partial charge in [0.1, 0.15) is 11.6 Å². The molecule has 0 aliphatic heterocycles. The minimum atomic E-state index is 0.405. The first kappa shape index (κ1) is 14.9. The molecule has 4 heteroatoms. The molecule has 1 aromatic heterocycles. The fourth-order valence-corrected chi connectivity index (χ4v) is 2.48. The lowest BCUT2D eigenvalue weighted by Crippen LogP contribution is -2.26. The quantitative estimate of drug-likeness (QED) is 0.880. The number of methoxy groups -OCH3 is 1. The second-order valence-corrected chi connectivity index (χ2v) is 5.71. The lowest BCUT2D eigenvalue weighted by atomic mass is 10.2. The first-order valence-electron chi connectivity index (χ1n) is 7.31. The molecule has 0 saturated carbocycles. The number of aromatic nitrogens is 2. The first-order chi connectivity index (χ1) is 9.52. The molecule has 20 heavy (non-hydrogen) atoms. The molecule has 2 rings (SSSR count). The predicted molar refractivity (Wildman–Crippen MR) is 83.5 cm³/mol. The molecule has 0 saturated heterocycles. The summed E-state index contributed by atoms with van der Waals surface area (Å²) < 4.78 is 7.60. The highest BCUT2D eigenvalue weighted by molar-refractivity contribution is 5.78. The Morgan fingerprint density at radius 3 is 2.60 bits per heavy atom. The maximum Gasteiger partial charge on any atom is 0.121 e. The van der Waals surface area contributed by atoms with E-state index in [0.29, 0.717) is 12.1 Å². The van der Waals surface area contributed by atoms with Crippen LogP contribution in [0.5, 0.6) is 5.75 Å². The predicted octanol–water partition coefficient (Wildman–Crippen LogP) is 3.17. The topological polar surface area (TPSA) is 39.1 Å². The molecule has 0 bridgehead atoms. The molecule has 0 fully saturated rings. The number of imidazole rings is 1. The van der Waals surface area contributed by atoms with Crippen molar-refractivity contribution in [3.8, 4) is 5.75 Å². The summed E-state index contributed by atoms with van der Waals surface area (Å²) in [5, 5.41) is 3.45. The number of rotatable bonds is 6. The smallest absolute Gasteiger partial charge is 0.121 e. The molecular formula is C16H25N3O. The molecule has 1 heterocycles. The van der Waals surface area contributed by atoms with Crippen LogP contribution in [0.25, 0.3) is 11.0 Å². The lowest BCUT2D eigenvalue weighted by Gasteiger charge is -2.14. The summed E-state index contributed by atoms with van der Waals surface area (Å²) >= 11 is 0. The highest BCUT2D eigenvalue weighted by Crippen LogP contribution is 2.25. The van der Waals surface area contributed by atoms with Gasteiger partial charge in [0.2, 0.25) is 0 Å². The van der Waals surface area contributed by atoms with Gasteiger partial charge in [0.25, 0.3) is 0 Å². The number of nitrogens with zero attached hydrogens (tertiary/aromatic N) is 2. The maximum atomic E-state index is 5.28. The molecule has 0 aliphatic rings. The third-order valence-corrected chi connectivity index (χ3v) is 3.39. The van der Waals surface area contributed by atoms with Crippen LogP contribution in [-0.4, -0.2) is 29.2 Å². The van der Waals surface area contributed by atoms with E-state index >= 15 is 0 Å². The number of ether oxygens (including phenoxy) is 1. The van der Waals surface area contributed by atoms with Gasteiger partial charge >= 0.3 is 0 Å². The van der Waals surface area contributed by atoms with Crippen LogP contribution in [0.15, 0.2) is 18.2 Å². The Bertz CT molecular complexity index is 572. The molecule has 1 aromatic carbocycles. The first-order valence-corrected chi connectivity index (χ1v) is 7.31. The van der Waals surface area contributed by atoms with Gasteiger partial charge in [-0.25, -0.2) is 4.98 Å². The van der Waals surface area contributed by atoms with Crippen LogP contribution in [-0.2, 0) is 6.42 Å². The van der Waals surface area contributed by atoms with Gasteiger partial charge in [-0.3, -0.25) is 0 Å². The zero-order chi connectivity index (χ0) is 14.7. The molecule has 0 amide bonds. The second-order valence-electron chi connectivity index (χ2n) is 5.71. The lowest BCUT2D eigenvalue weighted by molar-refractivity contribution is 0.415. The van der Waals surface area contributed by atoms with Crippen molar-refractivity contribution < 1.29 is 4.74 Å². The highest BCUT2D eigenvalue weighted by atomic mass is 16.5. The second kappa shape index (κ2) is 6.27. The summed E-state index contributed by atoms with van der Waals surface area (Å²) in [5.41, 5.74) is 2.19. The molecule has 0 atom stereocenters. The fraction of sp³-hybridized carbons (Fsp3) is 0.562. The van der Waals surface area contributed by atoms with Crippen molar-refractivity contribution in [3.05, 3.63) is 24.0 Å². The fourth-order valence-electron chi connectivity index (χ4n) is 2.48. The molecule has 0 radical (unpaired) electrons. The van der Waals surface area contributed by atoms with E-state index < -0.39 is 0 Å². The van der Waals surface area contributed by atoms with E-state index in [0.717, 1.165) is 30.1 Å². The van der Waals surface area contributed by atoms with Crippen molar-refractivity contribution in [2.24, 2.45) is 0 Å². The Hall–Kier alpha value is -1.55. The van der Waals surface area contributed by atoms with Crippen LogP contribution < -0.4 is 10.1 Å². The standard InChI is InChI=1S/C16H25N3O/c1-11(2)17-9-8-16-18-14-10-13(20-5)6-7-15(14)19(16)12(3)4/h6-7,10-12,17H,8-9H2,1-5H3. The Balaban J connectivity index is 2.34. The molecule has 0 aliphatic carbocycles. The summed E-state index contributed by atoms with van der Waals surface area (Å²) in [5.74, 6) is 1.99. The van der Waals surface area contributed by atoms with Gasteiger partial charge in [0.05, 0.1) is 18.1 Å². The van der Waals surface area contributed by atoms with Crippen molar-refractivity contribution in [2.45, 2.75) is 46.2 Å². The van der Waals surface area contributed by atoms with Gasteiger partial charge in [0.15, 0.2) is 0 Å². The summed E-state index contributed by atoms with van der Waals surface area (Å²) in [6.07, 6.45) is 0.938. The molecule has 2 aromatic rings. The van der Waals surface area contributed by atoms with E-state index in [-0.39, 0.29) is 0 Å². The van der Waals surface area contributed by atoms with Gasteiger partial charge in [-0.05, 0) is 26.0 Å². The molecule has 1 N–H and O–H groups in total. The monoisotopic (exact) mass is 275 g/mol. The van der Waals surface area contributed by atoms with E-state index in [1.807, 2.05) is 12.1 Å². The average molecular weight is 275 g/mol. The highest BCUT2D eigenvalue weighted by Gasteiger charge is 2.13. The Morgan fingerprint density at radius 1 is 1.25 bits per heavy atom. The van der Waals surface area contributed by atoms with Crippen LogP contribution in [0.1, 0.15) is 39.6 Å². The third-order valence-electron chi connectivity index (χ3n) is 3.39. The van der Waals surface area contributed by atoms with Gasteiger partial charge in [-0.1, -0.05) is 13.8 Å². The molecule has 4 nitrogen and oxygen atoms in total. The number of hydrogen-bond donors (Lipinski definition) is 1. The van der Waals surface area contributed by atoms with Crippen LogP contribution >= 0.6 is 0 Å². The van der Waals surface area contributed by atoms with Gasteiger partial charge in [-0.2, -0.15) is 0 Å². The van der Waals surface area contributed by atoms with Crippen molar-refractivity contribution in [1.29, 1.82) is 0 Å². The van der Waals surface area contributed by atoms with Gasteiger partial charge in [-0.15, -0.1) is 0 Å². The van der Waals surface area contributed by atoms with E-state index in [2.05, 4.69) is 43.6 Å². The van der Waals surface area contributed by atoms with Crippen LogP contribution in [0, 0.1) is 0 Å². The maximum absolute atomic E-state index is 5.28. The number of fused-ring (bicyclic) bond motifs is 1. The molecule has 0 spiro atoms. The Kier molecular flexibility index (Phi) is 4.65. The van der Waals surface area contributed by atoms with Crippen LogP contribution in [0.4, 0.5) is 0 Å². The summed E-state index contributed by atoms with van der Waals surface area (Å²) in [7, 11) is 1.69. The Labute approximate surface area is 121 Å². The van der Waals surface area contributed by atoms with Crippen molar-refractivity contribution in [1.82, 2.24) is 14.9 Å². The number of nitrogens with one attached hydrogen (secondary N) is 1. The normalized spacial score (nSPS) is 11.8. The zero-order valence-corrected chi connectivity index (χ0v) is 13.1. The van der Waals surface area contributed by atoms with Crippen molar-refractivity contribution in [2.75, 3.05) is 13.7 Å². The minimum Gasteiger partial charge on any atom is -0.497 e. The van der Waals surface area contributed by atoms with E-state index in [4.69, 9.17) is 9.72 Å². The van der Waals surface area contributed by atoms with Crippen LogP contribution in [0.3, 0.4) is 0 Å². The van der Waals surface area contributed by atoms with Gasteiger partial charge < -0.3 is 14.6 Å². The summed E-state index contributed by atoms with van der Waals surface area (Å²) in [4.78, 5) is 4.78. The minimum absolute atomic E-state index is 0.405.